The molecule has 0 aliphatic carbocycles. The number of anilines is 2. The van der Waals surface area contributed by atoms with Crippen molar-refractivity contribution in [1.82, 2.24) is 29.6 Å². The lowest BCUT2D eigenvalue weighted by molar-refractivity contribution is 0.635. The molecule has 0 radical (unpaired) electrons. The highest BCUT2D eigenvalue weighted by molar-refractivity contribution is 5.82. The number of imidazole rings is 1. The van der Waals surface area contributed by atoms with E-state index in [0.29, 0.717) is 34.1 Å². The fraction of sp³-hybridized carbons (Fsp3) is 0.0476. The smallest absolute Gasteiger partial charge is 0.283 e. The third-order valence-corrected chi connectivity index (χ3v) is 4.81. The molecule has 3 heterocycles. The van der Waals surface area contributed by atoms with Crippen molar-refractivity contribution in [3.05, 3.63) is 82.7 Å². The number of aromatic nitrogens is 6. The number of benzene rings is 2. The van der Waals surface area contributed by atoms with Crippen molar-refractivity contribution in [1.29, 1.82) is 5.26 Å². The SMILES string of the molecule is N#Cc1ccc(Nn2c(CNc3ncnc4nc[nH]c34)nc3cccc(F)c3c2=O)cc1. The maximum Gasteiger partial charge on any atom is 0.283 e. The van der Waals surface area contributed by atoms with Gasteiger partial charge in [0.1, 0.15) is 23.0 Å². The van der Waals surface area contributed by atoms with E-state index in [1.165, 1.54) is 29.5 Å². The van der Waals surface area contributed by atoms with Crippen LogP contribution in [0.3, 0.4) is 0 Å². The van der Waals surface area contributed by atoms with Crippen molar-refractivity contribution < 1.29 is 4.39 Å². The Kier molecular flexibility index (Phi) is 4.64. The first-order valence-electron chi connectivity index (χ1n) is 9.49. The topological polar surface area (TPSA) is 137 Å². The minimum Gasteiger partial charge on any atom is -0.361 e. The van der Waals surface area contributed by atoms with Crippen LogP contribution in [0.2, 0.25) is 0 Å². The minimum absolute atomic E-state index is 0.0934. The number of halogens is 1. The van der Waals surface area contributed by atoms with Gasteiger partial charge in [-0.15, -0.1) is 0 Å². The number of hydrogen-bond donors (Lipinski definition) is 3. The molecule has 5 aromatic rings. The van der Waals surface area contributed by atoms with E-state index < -0.39 is 11.4 Å². The molecule has 0 amide bonds. The first kappa shape index (κ1) is 19.1. The van der Waals surface area contributed by atoms with Gasteiger partial charge < -0.3 is 10.3 Å². The van der Waals surface area contributed by atoms with Gasteiger partial charge in [-0.25, -0.2) is 29.0 Å². The predicted molar refractivity (Wildman–Crippen MR) is 115 cm³/mol. The number of fused-ring (bicyclic) bond motifs is 2. The second-order valence-corrected chi connectivity index (χ2v) is 6.78. The molecule has 0 atom stereocenters. The van der Waals surface area contributed by atoms with Crippen LogP contribution in [0.15, 0.2) is 59.9 Å². The third-order valence-electron chi connectivity index (χ3n) is 4.81. The zero-order valence-corrected chi connectivity index (χ0v) is 16.4. The molecule has 32 heavy (non-hydrogen) atoms. The molecule has 0 saturated carbocycles. The fourth-order valence-electron chi connectivity index (χ4n) is 3.28. The molecule has 3 aromatic heterocycles. The Bertz CT molecular complexity index is 1550. The van der Waals surface area contributed by atoms with E-state index in [2.05, 4.69) is 35.7 Å². The highest BCUT2D eigenvalue weighted by Crippen LogP contribution is 2.17. The lowest BCUT2D eigenvalue weighted by atomic mass is 10.2. The Morgan fingerprint density at radius 3 is 2.78 bits per heavy atom. The molecule has 0 saturated heterocycles. The van der Waals surface area contributed by atoms with E-state index in [1.807, 2.05) is 6.07 Å². The summed E-state index contributed by atoms with van der Waals surface area (Å²) < 4.78 is 15.6. The van der Waals surface area contributed by atoms with Crippen LogP contribution in [0.4, 0.5) is 15.9 Å². The molecule has 5 rings (SSSR count). The Morgan fingerprint density at radius 1 is 1.12 bits per heavy atom. The lowest BCUT2D eigenvalue weighted by Crippen LogP contribution is -2.32. The Morgan fingerprint density at radius 2 is 1.97 bits per heavy atom. The summed E-state index contributed by atoms with van der Waals surface area (Å²) in [5.74, 6) is 0.111. The van der Waals surface area contributed by atoms with Gasteiger partial charge in [-0.05, 0) is 36.4 Å². The van der Waals surface area contributed by atoms with Crippen molar-refractivity contribution >= 4 is 33.6 Å². The summed E-state index contributed by atoms with van der Waals surface area (Å²) in [7, 11) is 0. The molecule has 2 aromatic carbocycles. The lowest BCUT2D eigenvalue weighted by Gasteiger charge is -2.16. The number of nitrogens with zero attached hydrogens (tertiary/aromatic N) is 6. The molecular weight excluding hydrogens is 413 g/mol. The standard InChI is InChI=1S/C21H14FN9O/c22-14-2-1-3-15-17(14)21(32)31(30-13-6-4-12(8-23)5-7-13)16(29-15)9-24-19-18-20(26-10-25-18)28-11-27-19/h1-7,10-11,30H,9H2,(H2,24,25,26,27,28). The highest BCUT2D eigenvalue weighted by Gasteiger charge is 2.15. The quantitative estimate of drug-likeness (QED) is 0.389. The van der Waals surface area contributed by atoms with Gasteiger partial charge in [-0.2, -0.15) is 5.26 Å². The first-order chi connectivity index (χ1) is 15.6. The molecule has 10 nitrogen and oxygen atoms in total. The van der Waals surface area contributed by atoms with Gasteiger partial charge >= 0.3 is 0 Å². The van der Waals surface area contributed by atoms with Crippen LogP contribution < -0.4 is 16.3 Å². The maximum absolute atomic E-state index is 14.4. The maximum atomic E-state index is 14.4. The van der Waals surface area contributed by atoms with Crippen LogP contribution in [-0.4, -0.2) is 29.6 Å². The zero-order chi connectivity index (χ0) is 22.1. The second kappa shape index (κ2) is 7.77. The number of aromatic amines is 1. The number of hydrogen-bond acceptors (Lipinski definition) is 8. The molecular formula is C21H14FN9O. The number of rotatable bonds is 5. The molecule has 156 valence electrons. The largest absolute Gasteiger partial charge is 0.361 e. The Hall–Kier alpha value is -4.85. The second-order valence-electron chi connectivity index (χ2n) is 6.78. The van der Waals surface area contributed by atoms with E-state index in [9.17, 15) is 9.18 Å². The van der Waals surface area contributed by atoms with Crippen LogP contribution in [0.1, 0.15) is 11.4 Å². The number of H-pyrrole nitrogens is 1. The van der Waals surface area contributed by atoms with Gasteiger partial charge in [-0.3, -0.25) is 10.2 Å². The summed E-state index contributed by atoms with van der Waals surface area (Å²) in [4.78, 5) is 33.0. The summed E-state index contributed by atoms with van der Waals surface area (Å²) in [6.07, 6.45) is 2.88. The van der Waals surface area contributed by atoms with Gasteiger partial charge in [0.15, 0.2) is 17.3 Å². The average Bonchev–Trinajstić information content (AvgIpc) is 3.30. The Balaban J connectivity index is 1.58. The number of nitrogens with one attached hydrogen (secondary N) is 3. The minimum atomic E-state index is -0.662. The van der Waals surface area contributed by atoms with Gasteiger partial charge in [-0.1, -0.05) is 6.07 Å². The summed E-state index contributed by atoms with van der Waals surface area (Å²) in [6.45, 7) is 0.0934. The van der Waals surface area contributed by atoms with Gasteiger partial charge in [0.05, 0.1) is 35.7 Å². The van der Waals surface area contributed by atoms with E-state index >= 15 is 0 Å². The highest BCUT2D eigenvalue weighted by atomic mass is 19.1. The summed E-state index contributed by atoms with van der Waals surface area (Å²) in [5, 5.41) is 12.0. The van der Waals surface area contributed by atoms with Crippen LogP contribution >= 0.6 is 0 Å². The molecule has 0 fully saturated rings. The third kappa shape index (κ3) is 3.35. The molecule has 3 N–H and O–H groups in total. The summed E-state index contributed by atoms with van der Waals surface area (Å²) in [6, 6.07) is 12.8. The van der Waals surface area contributed by atoms with Crippen LogP contribution in [-0.2, 0) is 6.54 Å². The van der Waals surface area contributed by atoms with Gasteiger partial charge in [0.2, 0.25) is 0 Å². The van der Waals surface area contributed by atoms with Crippen LogP contribution in [0, 0.1) is 17.1 Å². The van der Waals surface area contributed by atoms with Crippen LogP contribution in [0.25, 0.3) is 22.1 Å². The molecule has 0 bridgehead atoms. The Labute approximate surface area is 179 Å². The normalized spacial score (nSPS) is 10.9. The van der Waals surface area contributed by atoms with Crippen molar-refractivity contribution in [3.63, 3.8) is 0 Å². The summed E-state index contributed by atoms with van der Waals surface area (Å²) in [5.41, 5.74) is 4.69. The molecule has 0 unspecified atom stereocenters. The predicted octanol–water partition coefficient (Wildman–Crippen LogP) is 2.56. The van der Waals surface area contributed by atoms with Crippen molar-refractivity contribution in [2.45, 2.75) is 6.54 Å². The summed E-state index contributed by atoms with van der Waals surface area (Å²) >= 11 is 0. The van der Waals surface area contributed by atoms with E-state index in [-0.39, 0.29) is 17.4 Å². The zero-order valence-electron chi connectivity index (χ0n) is 16.4. The monoisotopic (exact) mass is 427 g/mol. The molecule has 0 aliphatic heterocycles. The van der Waals surface area contributed by atoms with Gasteiger partial charge in [0, 0.05) is 0 Å². The molecule has 11 heteroatoms. The fourth-order valence-corrected chi connectivity index (χ4v) is 3.28. The van der Waals surface area contributed by atoms with E-state index in [0.717, 1.165) is 0 Å². The van der Waals surface area contributed by atoms with Crippen molar-refractivity contribution in [2.75, 3.05) is 10.7 Å². The molecule has 0 aliphatic rings. The van der Waals surface area contributed by atoms with E-state index in [4.69, 9.17) is 5.26 Å². The first-order valence-corrected chi connectivity index (χ1v) is 9.49. The van der Waals surface area contributed by atoms with Crippen molar-refractivity contribution in [2.24, 2.45) is 0 Å². The van der Waals surface area contributed by atoms with Crippen LogP contribution in [0.5, 0.6) is 0 Å². The van der Waals surface area contributed by atoms with Gasteiger partial charge in [0.25, 0.3) is 5.56 Å². The number of nitriles is 1. The van der Waals surface area contributed by atoms with E-state index in [1.54, 1.807) is 30.3 Å². The average molecular weight is 427 g/mol. The molecule has 0 spiro atoms. The van der Waals surface area contributed by atoms with Crippen molar-refractivity contribution in [3.8, 4) is 6.07 Å².